The van der Waals surface area contributed by atoms with Gasteiger partial charge in [-0.25, -0.2) is 0 Å². The fourth-order valence-electron chi connectivity index (χ4n) is 2.09. The van der Waals surface area contributed by atoms with E-state index in [1.165, 1.54) is 0 Å². The maximum absolute atomic E-state index is 11.0. The van der Waals surface area contributed by atoms with Gasteiger partial charge in [-0.3, -0.25) is 9.69 Å². The van der Waals surface area contributed by atoms with Crippen LogP contribution in [0.25, 0.3) is 0 Å². The van der Waals surface area contributed by atoms with Crippen LogP contribution in [-0.2, 0) is 4.79 Å². The van der Waals surface area contributed by atoms with Crippen LogP contribution in [0.15, 0.2) is 0 Å². The van der Waals surface area contributed by atoms with Crippen molar-refractivity contribution in [2.45, 2.75) is 31.4 Å². The van der Waals surface area contributed by atoms with Gasteiger partial charge in [-0.2, -0.15) is 0 Å². The van der Waals surface area contributed by atoms with E-state index in [1.807, 2.05) is 4.90 Å². The van der Waals surface area contributed by atoms with Gasteiger partial charge in [0.25, 0.3) is 0 Å². The first-order valence-electron chi connectivity index (χ1n) is 4.83. The van der Waals surface area contributed by atoms with Crippen LogP contribution in [-0.4, -0.2) is 46.3 Å². The second kappa shape index (κ2) is 3.27. The molecule has 4 nitrogen and oxygen atoms in total. The summed E-state index contributed by atoms with van der Waals surface area (Å²) in [7, 11) is 0. The highest BCUT2D eigenvalue weighted by Crippen LogP contribution is 2.36. The summed E-state index contributed by atoms with van der Waals surface area (Å²) in [6.45, 7) is 1.27. The van der Waals surface area contributed by atoms with E-state index < -0.39 is 5.97 Å². The van der Waals surface area contributed by atoms with E-state index in [-0.39, 0.29) is 12.1 Å². The van der Waals surface area contributed by atoms with Crippen molar-refractivity contribution in [1.29, 1.82) is 0 Å². The Bertz CT molecular complexity index is 215. The standard InChI is InChI=1S/C9H15NO3/c11-7-3-4-10(5-7)8(9(12)13)6-1-2-6/h6-8,11H,1-5H2,(H,12,13). The number of aliphatic hydroxyl groups excluding tert-OH is 1. The molecule has 1 saturated heterocycles. The van der Waals surface area contributed by atoms with Crippen LogP contribution < -0.4 is 0 Å². The summed E-state index contributed by atoms with van der Waals surface area (Å²) < 4.78 is 0. The first-order valence-corrected chi connectivity index (χ1v) is 4.83. The largest absolute Gasteiger partial charge is 0.480 e. The van der Waals surface area contributed by atoms with Crippen LogP contribution >= 0.6 is 0 Å². The SMILES string of the molecule is O=C(O)C(C1CC1)N1CCC(O)C1. The fraction of sp³-hybridized carbons (Fsp3) is 0.889. The second-order valence-electron chi connectivity index (χ2n) is 4.06. The third-order valence-corrected chi connectivity index (χ3v) is 2.91. The lowest BCUT2D eigenvalue weighted by molar-refractivity contribution is -0.143. The summed E-state index contributed by atoms with van der Waals surface area (Å²) in [5, 5.41) is 18.3. The molecule has 0 bridgehead atoms. The molecule has 74 valence electrons. The van der Waals surface area contributed by atoms with Crippen LogP contribution in [0.2, 0.25) is 0 Å². The molecule has 2 fully saturated rings. The molecule has 1 saturated carbocycles. The number of likely N-dealkylation sites (tertiary alicyclic amines) is 1. The molecule has 1 aliphatic carbocycles. The van der Waals surface area contributed by atoms with E-state index >= 15 is 0 Å². The van der Waals surface area contributed by atoms with Gasteiger partial charge in [0, 0.05) is 13.1 Å². The van der Waals surface area contributed by atoms with Gasteiger partial charge in [-0.1, -0.05) is 0 Å². The van der Waals surface area contributed by atoms with Gasteiger partial charge in [-0.05, 0) is 25.2 Å². The highest BCUT2D eigenvalue weighted by atomic mass is 16.4. The summed E-state index contributed by atoms with van der Waals surface area (Å²) in [6, 6.07) is -0.336. The Morgan fingerprint density at radius 3 is 2.46 bits per heavy atom. The second-order valence-corrected chi connectivity index (χ2v) is 4.06. The molecule has 2 rings (SSSR count). The van der Waals surface area contributed by atoms with Crippen molar-refractivity contribution in [3.05, 3.63) is 0 Å². The van der Waals surface area contributed by atoms with Crippen molar-refractivity contribution in [3.8, 4) is 0 Å². The molecular weight excluding hydrogens is 170 g/mol. The maximum atomic E-state index is 11.0. The van der Waals surface area contributed by atoms with Crippen LogP contribution in [0.5, 0.6) is 0 Å². The normalized spacial score (nSPS) is 31.9. The van der Waals surface area contributed by atoms with E-state index in [2.05, 4.69) is 0 Å². The van der Waals surface area contributed by atoms with Crippen LogP contribution in [0.3, 0.4) is 0 Å². The van der Waals surface area contributed by atoms with Crippen molar-refractivity contribution in [3.63, 3.8) is 0 Å². The van der Waals surface area contributed by atoms with Gasteiger partial charge in [0.1, 0.15) is 6.04 Å². The Balaban J connectivity index is 1.98. The fourth-order valence-corrected chi connectivity index (χ4v) is 2.09. The van der Waals surface area contributed by atoms with Crippen molar-refractivity contribution in [1.82, 2.24) is 4.90 Å². The zero-order valence-electron chi connectivity index (χ0n) is 7.52. The Hall–Kier alpha value is -0.610. The molecule has 2 atom stereocenters. The molecule has 0 amide bonds. The van der Waals surface area contributed by atoms with Crippen molar-refractivity contribution >= 4 is 5.97 Å². The number of β-amino-alcohol motifs (C(OH)–C–C–N with tert-alkyl or cyclic N) is 1. The van der Waals surface area contributed by atoms with Gasteiger partial charge >= 0.3 is 5.97 Å². The highest BCUT2D eigenvalue weighted by Gasteiger charge is 2.42. The molecule has 0 radical (unpaired) electrons. The number of rotatable bonds is 3. The van der Waals surface area contributed by atoms with E-state index in [9.17, 15) is 9.90 Å². The van der Waals surface area contributed by atoms with E-state index in [0.29, 0.717) is 12.5 Å². The van der Waals surface area contributed by atoms with Crippen molar-refractivity contribution in [2.24, 2.45) is 5.92 Å². The molecule has 4 heteroatoms. The average Bonchev–Trinajstić information content (AvgIpc) is 2.76. The zero-order chi connectivity index (χ0) is 9.42. The lowest BCUT2D eigenvalue weighted by Crippen LogP contribution is -2.41. The monoisotopic (exact) mass is 185 g/mol. The minimum atomic E-state index is -0.725. The lowest BCUT2D eigenvalue weighted by atomic mass is 10.1. The number of aliphatic hydroxyl groups is 1. The molecule has 13 heavy (non-hydrogen) atoms. The molecule has 2 N–H and O–H groups in total. The summed E-state index contributed by atoms with van der Waals surface area (Å²) in [4.78, 5) is 12.9. The third-order valence-electron chi connectivity index (χ3n) is 2.91. The first-order chi connectivity index (χ1) is 6.18. The Labute approximate surface area is 77.2 Å². The minimum Gasteiger partial charge on any atom is -0.480 e. The number of carbonyl (C=O) groups is 1. The summed E-state index contributed by atoms with van der Waals surface area (Å²) >= 11 is 0. The van der Waals surface area contributed by atoms with Gasteiger partial charge < -0.3 is 10.2 Å². The highest BCUT2D eigenvalue weighted by molar-refractivity contribution is 5.74. The zero-order valence-corrected chi connectivity index (χ0v) is 7.52. The van der Waals surface area contributed by atoms with Crippen molar-refractivity contribution in [2.75, 3.05) is 13.1 Å². The predicted octanol–water partition coefficient (Wildman–Crippen LogP) is -0.0838. The Morgan fingerprint density at radius 2 is 2.08 bits per heavy atom. The van der Waals surface area contributed by atoms with E-state index in [4.69, 9.17) is 5.11 Å². The van der Waals surface area contributed by atoms with Gasteiger partial charge in [0.2, 0.25) is 0 Å². The minimum absolute atomic E-state index is 0.319. The van der Waals surface area contributed by atoms with Gasteiger partial charge in [-0.15, -0.1) is 0 Å². The predicted molar refractivity (Wildman–Crippen MR) is 46.3 cm³/mol. The smallest absolute Gasteiger partial charge is 0.321 e. The molecule has 0 aromatic heterocycles. The molecule has 0 aromatic rings. The number of hydrogen-bond acceptors (Lipinski definition) is 3. The third kappa shape index (κ3) is 1.84. The van der Waals surface area contributed by atoms with Gasteiger partial charge in [0.05, 0.1) is 6.10 Å². The quantitative estimate of drug-likeness (QED) is 0.645. The Kier molecular flexibility index (Phi) is 2.26. The molecule has 0 aromatic carbocycles. The van der Waals surface area contributed by atoms with E-state index in [0.717, 1.165) is 25.8 Å². The number of aliphatic carboxylic acids is 1. The topological polar surface area (TPSA) is 60.8 Å². The number of hydrogen-bond donors (Lipinski definition) is 2. The molecule has 1 heterocycles. The van der Waals surface area contributed by atoms with Crippen LogP contribution in [0.4, 0.5) is 0 Å². The van der Waals surface area contributed by atoms with Crippen LogP contribution in [0.1, 0.15) is 19.3 Å². The number of carboxylic acid groups (broad SMARTS) is 1. The Morgan fingerprint density at radius 1 is 1.38 bits per heavy atom. The molecule has 2 aliphatic rings. The summed E-state index contributed by atoms with van der Waals surface area (Å²) in [5.41, 5.74) is 0. The molecule has 2 unspecified atom stereocenters. The lowest BCUT2D eigenvalue weighted by Gasteiger charge is -2.23. The van der Waals surface area contributed by atoms with Gasteiger partial charge in [0.15, 0.2) is 0 Å². The molecule has 1 aliphatic heterocycles. The maximum Gasteiger partial charge on any atom is 0.321 e. The average molecular weight is 185 g/mol. The summed E-state index contributed by atoms with van der Waals surface area (Å²) in [5.74, 6) is -0.389. The summed E-state index contributed by atoms with van der Waals surface area (Å²) in [6.07, 6.45) is 2.46. The first kappa shape index (κ1) is 8.97. The number of carboxylic acids is 1. The van der Waals surface area contributed by atoms with E-state index in [1.54, 1.807) is 0 Å². The number of nitrogens with zero attached hydrogens (tertiary/aromatic N) is 1. The van der Waals surface area contributed by atoms with Crippen LogP contribution in [0, 0.1) is 5.92 Å². The van der Waals surface area contributed by atoms with Crippen molar-refractivity contribution < 1.29 is 15.0 Å². The molecular formula is C9H15NO3. The molecule has 0 spiro atoms.